The van der Waals surface area contributed by atoms with Gasteiger partial charge in [0.2, 0.25) is 0 Å². The van der Waals surface area contributed by atoms with Crippen molar-refractivity contribution in [2.45, 2.75) is 13.8 Å². The number of benzene rings is 1. The number of piperazine rings is 1. The quantitative estimate of drug-likeness (QED) is 0.594. The molecule has 4 nitrogen and oxygen atoms in total. The van der Waals surface area contributed by atoms with Crippen LogP contribution in [0.25, 0.3) is 9.88 Å². The van der Waals surface area contributed by atoms with E-state index in [4.69, 9.17) is 11.6 Å². The van der Waals surface area contributed by atoms with Gasteiger partial charge in [-0.2, -0.15) is 0 Å². The molecule has 0 aliphatic carbocycles. The zero-order chi connectivity index (χ0) is 19.0. The van der Waals surface area contributed by atoms with Gasteiger partial charge in [0.1, 0.15) is 10.7 Å². The number of hydrogen-bond acceptors (Lipinski definition) is 5. The van der Waals surface area contributed by atoms with Crippen molar-refractivity contribution < 1.29 is 4.79 Å². The molecule has 1 saturated heterocycles. The van der Waals surface area contributed by atoms with E-state index in [9.17, 15) is 4.79 Å². The number of thiazole rings is 1. The van der Waals surface area contributed by atoms with E-state index < -0.39 is 0 Å². The van der Waals surface area contributed by atoms with Crippen LogP contribution in [0.4, 0.5) is 5.69 Å². The molecular formula is C20H20ClN3OS2. The van der Waals surface area contributed by atoms with Crippen LogP contribution in [0, 0.1) is 13.8 Å². The smallest absolute Gasteiger partial charge is 0.273 e. The summed E-state index contributed by atoms with van der Waals surface area (Å²) in [5.74, 6) is 0.0215. The second-order valence-electron chi connectivity index (χ2n) is 6.66. The van der Waals surface area contributed by atoms with Crippen LogP contribution in [-0.4, -0.2) is 42.0 Å². The molecule has 7 heteroatoms. The lowest BCUT2D eigenvalue weighted by Crippen LogP contribution is -2.49. The molecule has 0 bridgehead atoms. The molecule has 0 radical (unpaired) electrons. The Bertz CT molecular complexity index is 973. The molecule has 27 heavy (non-hydrogen) atoms. The summed E-state index contributed by atoms with van der Waals surface area (Å²) in [4.78, 5) is 24.0. The zero-order valence-corrected chi connectivity index (χ0v) is 17.6. The number of rotatable bonds is 3. The van der Waals surface area contributed by atoms with Gasteiger partial charge in [0.15, 0.2) is 0 Å². The van der Waals surface area contributed by atoms with Gasteiger partial charge in [-0.25, -0.2) is 4.98 Å². The van der Waals surface area contributed by atoms with Gasteiger partial charge in [-0.1, -0.05) is 17.7 Å². The summed E-state index contributed by atoms with van der Waals surface area (Å²) < 4.78 is 0. The average Bonchev–Trinajstić information content (AvgIpc) is 3.32. The SMILES string of the molecule is Cc1ccc(-c2nc(C(=O)N3CCN(c4cc(Cl)ccc4C)CC3)cs2)s1. The van der Waals surface area contributed by atoms with Gasteiger partial charge in [0.25, 0.3) is 5.91 Å². The third-order valence-corrected chi connectivity index (χ3v) is 7.00. The highest BCUT2D eigenvalue weighted by atomic mass is 35.5. The van der Waals surface area contributed by atoms with E-state index in [1.165, 1.54) is 21.8 Å². The Morgan fingerprint density at radius 1 is 1.11 bits per heavy atom. The first kappa shape index (κ1) is 18.5. The first-order chi connectivity index (χ1) is 13.0. The molecule has 1 aliphatic rings. The van der Waals surface area contributed by atoms with Crippen LogP contribution in [0.1, 0.15) is 20.9 Å². The van der Waals surface area contributed by atoms with E-state index in [2.05, 4.69) is 35.9 Å². The van der Waals surface area contributed by atoms with E-state index in [1.54, 1.807) is 11.3 Å². The van der Waals surface area contributed by atoms with Crippen LogP contribution < -0.4 is 4.90 Å². The number of anilines is 1. The molecule has 3 heterocycles. The molecule has 140 valence electrons. The third-order valence-electron chi connectivity index (χ3n) is 4.75. The molecule has 2 aromatic heterocycles. The Balaban J connectivity index is 1.43. The van der Waals surface area contributed by atoms with Gasteiger partial charge in [-0.05, 0) is 43.7 Å². The lowest BCUT2D eigenvalue weighted by atomic mass is 10.1. The lowest BCUT2D eigenvalue weighted by Gasteiger charge is -2.36. The van der Waals surface area contributed by atoms with Crippen molar-refractivity contribution in [3.8, 4) is 9.88 Å². The van der Waals surface area contributed by atoms with Gasteiger partial charge in [-0.15, -0.1) is 22.7 Å². The monoisotopic (exact) mass is 417 g/mol. The molecule has 0 unspecified atom stereocenters. The molecular weight excluding hydrogens is 398 g/mol. The molecule has 4 rings (SSSR count). The highest BCUT2D eigenvalue weighted by Gasteiger charge is 2.25. The maximum atomic E-state index is 12.8. The van der Waals surface area contributed by atoms with Crippen molar-refractivity contribution >= 4 is 45.9 Å². The highest BCUT2D eigenvalue weighted by Crippen LogP contribution is 2.31. The number of hydrogen-bond donors (Lipinski definition) is 0. The number of thiophene rings is 1. The van der Waals surface area contributed by atoms with Crippen molar-refractivity contribution in [1.29, 1.82) is 0 Å². The second-order valence-corrected chi connectivity index (χ2v) is 9.24. The topological polar surface area (TPSA) is 36.4 Å². The molecule has 1 aromatic carbocycles. The number of nitrogens with zero attached hydrogens (tertiary/aromatic N) is 3. The van der Waals surface area contributed by atoms with Gasteiger partial charge in [-0.3, -0.25) is 4.79 Å². The van der Waals surface area contributed by atoms with Gasteiger partial charge < -0.3 is 9.80 Å². The fraction of sp³-hybridized carbons (Fsp3) is 0.300. The summed E-state index contributed by atoms with van der Waals surface area (Å²) in [6, 6.07) is 10.1. The average molecular weight is 418 g/mol. The van der Waals surface area contributed by atoms with Crippen LogP contribution >= 0.6 is 34.3 Å². The van der Waals surface area contributed by atoms with E-state index in [0.29, 0.717) is 18.8 Å². The van der Waals surface area contributed by atoms with Gasteiger partial charge in [0, 0.05) is 47.1 Å². The van der Waals surface area contributed by atoms with Crippen LogP contribution in [-0.2, 0) is 0 Å². The second kappa shape index (κ2) is 7.62. The maximum Gasteiger partial charge on any atom is 0.273 e. The van der Waals surface area contributed by atoms with Crippen molar-refractivity contribution in [2.24, 2.45) is 0 Å². The first-order valence-corrected chi connectivity index (χ1v) is 10.9. The lowest BCUT2D eigenvalue weighted by molar-refractivity contribution is 0.0742. The number of aryl methyl sites for hydroxylation is 2. The van der Waals surface area contributed by atoms with Crippen LogP contribution in [0.2, 0.25) is 5.02 Å². The number of amides is 1. The summed E-state index contributed by atoms with van der Waals surface area (Å²) >= 11 is 9.40. The minimum absolute atomic E-state index is 0.0215. The number of aromatic nitrogens is 1. The van der Waals surface area contributed by atoms with E-state index >= 15 is 0 Å². The van der Waals surface area contributed by atoms with Crippen molar-refractivity contribution in [1.82, 2.24) is 9.88 Å². The Morgan fingerprint density at radius 3 is 2.59 bits per heavy atom. The van der Waals surface area contributed by atoms with Crippen LogP contribution in [0.15, 0.2) is 35.7 Å². The Morgan fingerprint density at radius 2 is 1.89 bits per heavy atom. The van der Waals surface area contributed by atoms with Crippen molar-refractivity contribution in [3.05, 3.63) is 56.9 Å². The Labute approximate surface area is 172 Å². The number of carbonyl (C=O) groups is 1. The number of halogens is 1. The molecule has 0 atom stereocenters. The molecule has 1 amide bonds. The third kappa shape index (κ3) is 3.88. The van der Waals surface area contributed by atoms with Crippen LogP contribution in [0.5, 0.6) is 0 Å². The summed E-state index contributed by atoms with van der Waals surface area (Å²) in [6.07, 6.45) is 0. The van der Waals surface area contributed by atoms with Gasteiger partial charge >= 0.3 is 0 Å². The fourth-order valence-corrected chi connectivity index (χ4v) is 5.17. The largest absolute Gasteiger partial charge is 0.368 e. The summed E-state index contributed by atoms with van der Waals surface area (Å²) in [5, 5.41) is 3.54. The predicted molar refractivity (Wildman–Crippen MR) is 114 cm³/mol. The van der Waals surface area contributed by atoms with E-state index in [-0.39, 0.29) is 5.91 Å². The van der Waals surface area contributed by atoms with E-state index in [1.807, 2.05) is 28.5 Å². The molecule has 0 saturated carbocycles. The fourth-order valence-electron chi connectivity index (χ4n) is 3.27. The molecule has 3 aromatic rings. The Hall–Kier alpha value is -1.89. The minimum atomic E-state index is 0.0215. The summed E-state index contributed by atoms with van der Waals surface area (Å²) in [6.45, 7) is 7.15. The van der Waals surface area contributed by atoms with E-state index in [0.717, 1.165) is 33.7 Å². The predicted octanol–water partition coefficient (Wildman–Crippen LogP) is 5.10. The molecule has 1 aliphatic heterocycles. The van der Waals surface area contributed by atoms with Gasteiger partial charge in [0.05, 0.1) is 4.88 Å². The Kier molecular flexibility index (Phi) is 5.21. The summed E-state index contributed by atoms with van der Waals surface area (Å²) in [7, 11) is 0. The zero-order valence-electron chi connectivity index (χ0n) is 15.2. The number of carbonyl (C=O) groups excluding carboxylic acids is 1. The summed E-state index contributed by atoms with van der Waals surface area (Å²) in [5.41, 5.74) is 2.90. The van der Waals surface area contributed by atoms with Crippen LogP contribution in [0.3, 0.4) is 0 Å². The maximum absolute atomic E-state index is 12.8. The first-order valence-electron chi connectivity index (χ1n) is 8.84. The van der Waals surface area contributed by atoms with Crippen molar-refractivity contribution in [2.75, 3.05) is 31.1 Å². The molecule has 0 spiro atoms. The minimum Gasteiger partial charge on any atom is -0.368 e. The van der Waals surface area contributed by atoms with Crippen molar-refractivity contribution in [3.63, 3.8) is 0 Å². The molecule has 0 N–H and O–H groups in total. The standard InChI is InChI=1S/C20H20ClN3OS2/c1-13-3-5-15(21)11-17(13)23-7-9-24(10-8-23)20(25)16-12-26-19(22-16)18-6-4-14(2)27-18/h3-6,11-12H,7-10H2,1-2H3. The highest BCUT2D eigenvalue weighted by molar-refractivity contribution is 7.21. The molecule has 1 fully saturated rings. The normalized spacial score (nSPS) is 14.6.